The summed E-state index contributed by atoms with van der Waals surface area (Å²) in [7, 11) is 2.86. The van der Waals surface area contributed by atoms with E-state index in [-0.39, 0.29) is 29.0 Å². The number of esters is 1. The van der Waals surface area contributed by atoms with Crippen molar-refractivity contribution in [2.24, 2.45) is 17.8 Å². The third kappa shape index (κ3) is 5.36. The lowest BCUT2D eigenvalue weighted by Crippen LogP contribution is -2.38. The average molecular weight is 392 g/mol. The lowest BCUT2D eigenvalue weighted by molar-refractivity contribution is -0.384. The fraction of sp³-hybridized carbons (Fsp3) is 0.667. The van der Waals surface area contributed by atoms with Crippen LogP contribution >= 0.6 is 0 Å². The second-order valence-electron chi connectivity index (χ2n) is 8.09. The number of benzene rings is 1. The van der Waals surface area contributed by atoms with E-state index in [9.17, 15) is 14.9 Å². The number of rotatable bonds is 8. The molecule has 7 nitrogen and oxygen atoms in total. The topological polar surface area (TPSA) is 90.7 Å². The number of methoxy groups -OCH3 is 2. The van der Waals surface area contributed by atoms with Crippen molar-refractivity contribution in [3.63, 3.8) is 0 Å². The molecule has 0 bridgehead atoms. The second kappa shape index (κ2) is 9.75. The maximum Gasteiger partial charge on any atom is 0.305 e. The van der Waals surface area contributed by atoms with E-state index in [4.69, 9.17) is 4.74 Å². The summed E-state index contributed by atoms with van der Waals surface area (Å²) in [5.74, 6) is 1.75. The third-order valence-electron chi connectivity index (χ3n) is 5.78. The zero-order valence-electron chi connectivity index (χ0n) is 17.5. The minimum Gasteiger partial charge on any atom is -0.496 e. The molecule has 0 heterocycles. The van der Waals surface area contributed by atoms with Crippen LogP contribution in [0, 0.1) is 27.9 Å². The molecule has 7 heteroatoms. The minimum absolute atomic E-state index is 0.0152. The Hall–Kier alpha value is -2.31. The van der Waals surface area contributed by atoms with Crippen LogP contribution in [0.2, 0.25) is 0 Å². The molecule has 1 N–H and O–H groups in total. The molecule has 0 spiro atoms. The Morgan fingerprint density at radius 3 is 2.61 bits per heavy atom. The van der Waals surface area contributed by atoms with Crippen molar-refractivity contribution in [2.45, 2.75) is 58.9 Å². The van der Waals surface area contributed by atoms with Crippen LogP contribution in [0.5, 0.6) is 5.75 Å². The van der Waals surface area contributed by atoms with E-state index < -0.39 is 0 Å². The predicted octanol–water partition coefficient (Wildman–Crippen LogP) is 4.58. The number of aryl methyl sites for hydroxylation is 1. The Labute approximate surface area is 166 Å². The van der Waals surface area contributed by atoms with Crippen LogP contribution in [0.15, 0.2) is 12.1 Å². The highest BCUT2D eigenvalue weighted by Crippen LogP contribution is 2.39. The Morgan fingerprint density at radius 1 is 1.32 bits per heavy atom. The van der Waals surface area contributed by atoms with Crippen LogP contribution < -0.4 is 10.1 Å². The van der Waals surface area contributed by atoms with E-state index in [2.05, 4.69) is 30.8 Å². The lowest BCUT2D eigenvalue weighted by Gasteiger charge is -2.38. The summed E-state index contributed by atoms with van der Waals surface area (Å²) >= 11 is 0. The summed E-state index contributed by atoms with van der Waals surface area (Å²) in [6.07, 6.45) is 3.78. The molecule has 156 valence electrons. The number of nitro groups is 1. The molecule has 1 aromatic carbocycles. The summed E-state index contributed by atoms with van der Waals surface area (Å²) < 4.78 is 10.1. The van der Waals surface area contributed by atoms with Gasteiger partial charge in [-0.3, -0.25) is 14.9 Å². The SMILES string of the molecule is COC(=O)CCc1cc([N+](=O)[O-])c(N[C@@H]2C[C@H](C)CC[C@H]2C(C)C)cc1OC. The van der Waals surface area contributed by atoms with Crippen LogP contribution in [0.3, 0.4) is 0 Å². The Balaban J connectivity index is 2.34. The molecular formula is C21H32N2O5. The van der Waals surface area contributed by atoms with E-state index in [1.807, 2.05) is 0 Å². The Bertz CT molecular complexity index is 704. The Kier molecular flexibility index (Phi) is 7.66. The average Bonchev–Trinajstić information content (AvgIpc) is 2.65. The molecule has 0 amide bonds. The first kappa shape index (κ1) is 22.0. The number of anilines is 1. The van der Waals surface area contributed by atoms with E-state index >= 15 is 0 Å². The van der Waals surface area contributed by atoms with Crippen LogP contribution in [0.4, 0.5) is 11.4 Å². The van der Waals surface area contributed by atoms with Gasteiger partial charge in [-0.15, -0.1) is 0 Å². The summed E-state index contributed by atoms with van der Waals surface area (Å²) in [6.45, 7) is 6.65. The van der Waals surface area contributed by atoms with Crippen molar-refractivity contribution in [1.29, 1.82) is 0 Å². The van der Waals surface area contributed by atoms with E-state index in [0.29, 0.717) is 41.2 Å². The van der Waals surface area contributed by atoms with E-state index in [1.54, 1.807) is 6.07 Å². The molecule has 1 aliphatic rings. The monoisotopic (exact) mass is 392 g/mol. The van der Waals surface area contributed by atoms with Crippen molar-refractivity contribution in [3.05, 3.63) is 27.8 Å². The quantitative estimate of drug-likeness (QED) is 0.395. The molecule has 3 atom stereocenters. The first-order valence-corrected chi connectivity index (χ1v) is 9.95. The van der Waals surface area contributed by atoms with Gasteiger partial charge in [0.15, 0.2) is 0 Å². The Morgan fingerprint density at radius 2 is 2.04 bits per heavy atom. The molecule has 0 saturated heterocycles. The van der Waals surface area contributed by atoms with E-state index in [1.165, 1.54) is 26.7 Å². The fourth-order valence-corrected chi connectivity index (χ4v) is 4.17. The van der Waals surface area contributed by atoms with Gasteiger partial charge in [-0.25, -0.2) is 0 Å². The van der Waals surface area contributed by atoms with Crippen LogP contribution in [0.1, 0.15) is 52.0 Å². The number of nitrogens with zero attached hydrogens (tertiary/aromatic N) is 1. The van der Waals surface area contributed by atoms with Gasteiger partial charge in [-0.05, 0) is 37.0 Å². The number of hydrogen-bond donors (Lipinski definition) is 1. The largest absolute Gasteiger partial charge is 0.496 e. The molecule has 1 aromatic rings. The number of carbonyl (C=O) groups is 1. The highest BCUT2D eigenvalue weighted by atomic mass is 16.6. The van der Waals surface area contributed by atoms with Crippen molar-refractivity contribution in [3.8, 4) is 5.75 Å². The molecule has 28 heavy (non-hydrogen) atoms. The number of nitro benzene ring substituents is 1. The third-order valence-corrected chi connectivity index (χ3v) is 5.78. The molecular weight excluding hydrogens is 360 g/mol. The number of carbonyl (C=O) groups excluding carboxylic acids is 1. The van der Waals surface area contributed by atoms with Gasteiger partial charge in [0.2, 0.25) is 0 Å². The maximum absolute atomic E-state index is 11.7. The van der Waals surface area contributed by atoms with Gasteiger partial charge >= 0.3 is 5.97 Å². The fourth-order valence-electron chi connectivity index (χ4n) is 4.17. The summed E-state index contributed by atoms with van der Waals surface area (Å²) in [4.78, 5) is 22.8. The molecule has 0 aliphatic heterocycles. The predicted molar refractivity (Wildman–Crippen MR) is 109 cm³/mol. The van der Waals surface area contributed by atoms with Crippen molar-refractivity contribution >= 4 is 17.3 Å². The van der Waals surface area contributed by atoms with Crippen LogP contribution in [0.25, 0.3) is 0 Å². The van der Waals surface area contributed by atoms with Crippen molar-refractivity contribution in [2.75, 3.05) is 19.5 Å². The number of hydrogen-bond acceptors (Lipinski definition) is 6. The van der Waals surface area contributed by atoms with Crippen LogP contribution in [-0.2, 0) is 16.0 Å². The standard InChI is InChI=1S/C21H32N2O5/c1-13(2)16-8-6-14(3)10-17(16)22-18-12-20(27-4)15(7-9-21(24)28-5)11-19(18)23(25)26/h11-14,16-17,22H,6-10H2,1-5H3/t14-,16+,17-/m1/s1. The van der Waals surface area contributed by atoms with Gasteiger partial charge < -0.3 is 14.8 Å². The van der Waals surface area contributed by atoms with Gasteiger partial charge in [0, 0.05) is 30.2 Å². The second-order valence-corrected chi connectivity index (χ2v) is 8.09. The normalized spacial score (nSPS) is 22.0. The molecule has 1 saturated carbocycles. The van der Waals surface area contributed by atoms with Crippen molar-refractivity contribution < 1.29 is 19.2 Å². The maximum atomic E-state index is 11.7. The number of nitrogens with one attached hydrogen (secondary N) is 1. The summed E-state index contributed by atoms with van der Waals surface area (Å²) in [5.41, 5.74) is 1.12. The molecule has 0 aromatic heterocycles. The van der Waals surface area contributed by atoms with E-state index in [0.717, 1.165) is 12.8 Å². The highest BCUT2D eigenvalue weighted by Gasteiger charge is 2.32. The summed E-state index contributed by atoms with van der Waals surface area (Å²) in [5, 5.41) is 15.2. The zero-order valence-corrected chi connectivity index (χ0v) is 17.5. The molecule has 1 fully saturated rings. The zero-order chi connectivity index (χ0) is 20.8. The first-order chi connectivity index (χ1) is 13.3. The van der Waals surface area contributed by atoms with Gasteiger partial charge in [-0.2, -0.15) is 0 Å². The molecule has 0 unspecified atom stereocenters. The molecule has 0 radical (unpaired) electrons. The van der Waals surface area contributed by atoms with Crippen LogP contribution in [-0.4, -0.2) is 31.2 Å². The van der Waals surface area contributed by atoms with Gasteiger partial charge in [-0.1, -0.05) is 27.2 Å². The lowest BCUT2D eigenvalue weighted by atomic mass is 9.74. The van der Waals surface area contributed by atoms with Crippen molar-refractivity contribution in [1.82, 2.24) is 0 Å². The molecule has 2 rings (SSSR count). The van der Waals surface area contributed by atoms with Gasteiger partial charge in [0.05, 0.1) is 19.1 Å². The first-order valence-electron chi connectivity index (χ1n) is 9.95. The smallest absolute Gasteiger partial charge is 0.305 e. The summed E-state index contributed by atoms with van der Waals surface area (Å²) in [6, 6.07) is 3.40. The van der Waals surface area contributed by atoms with Gasteiger partial charge in [0.25, 0.3) is 5.69 Å². The number of ether oxygens (including phenoxy) is 2. The van der Waals surface area contributed by atoms with Gasteiger partial charge in [0.1, 0.15) is 11.4 Å². The minimum atomic E-state index is -0.375. The molecule has 1 aliphatic carbocycles. The highest BCUT2D eigenvalue weighted by molar-refractivity contribution is 5.71.